The molecule has 1 fully saturated rings. The Bertz CT molecular complexity index is 829. The number of ether oxygens (including phenoxy) is 1. The number of hydrogen-bond acceptors (Lipinski definition) is 4. The molecule has 0 amide bonds. The Kier molecular flexibility index (Phi) is 9.02. The highest BCUT2D eigenvalue weighted by Gasteiger charge is 2.28. The van der Waals surface area contributed by atoms with Crippen LogP contribution in [0, 0.1) is 6.92 Å². The first-order chi connectivity index (χ1) is 14.1. The van der Waals surface area contributed by atoms with E-state index in [0.29, 0.717) is 0 Å². The number of allylic oxidation sites excluding steroid dienone is 1. The van der Waals surface area contributed by atoms with Crippen molar-refractivity contribution in [2.75, 3.05) is 26.3 Å². The highest BCUT2D eigenvalue weighted by Crippen LogP contribution is 2.25. The number of ketones is 1. The quantitative estimate of drug-likeness (QED) is 0.556. The molecule has 4 heteroatoms. The van der Waals surface area contributed by atoms with Gasteiger partial charge < -0.3 is 4.74 Å². The number of carbonyl (C=O) groups excluding carboxylic acids is 1. The molecule has 0 N–H and O–H groups in total. The molecule has 1 saturated heterocycles. The average Bonchev–Trinajstić information content (AvgIpc) is 3.12. The molecule has 0 aliphatic carbocycles. The van der Waals surface area contributed by atoms with E-state index in [1.165, 1.54) is 10.4 Å². The molecule has 2 heterocycles. The van der Waals surface area contributed by atoms with Gasteiger partial charge in [0.15, 0.2) is 0 Å². The number of Topliss-reactive ketones (excluding diaryl/α,β-unsaturated/α-hetero) is 1. The van der Waals surface area contributed by atoms with Crippen LogP contribution in [0.1, 0.15) is 62.1 Å². The fraction of sp³-hybridized carbons (Fsp3) is 0.500. The molecule has 2 aromatic rings. The molecule has 3 nitrogen and oxygen atoms in total. The van der Waals surface area contributed by atoms with Crippen LogP contribution in [0.2, 0.25) is 0 Å². The second kappa shape index (κ2) is 11.0. The molecule has 1 aliphatic rings. The molecular weight excluding hydrogens is 390 g/mol. The standard InChI is InChI=1S/C13H21NOS.C13H16O/c1-11-8-12(16-10-11)9-13(2,3)14-4-6-15-7-5-14;1-9(2)12-5-7-13(8-6-12)10(3)11(4)14/h8,10H,4-7,9H2,1-3H3;5-8,10H,1H2,2-4H3. The van der Waals surface area contributed by atoms with Gasteiger partial charge in [0.05, 0.1) is 13.2 Å². The van der Waals surface area contributed by atoms with Gasteiger partial charge in [0.1, 0.15) is 5.78 Å². The summed E-state index contributed by atoms with van der Waals surface area (Å²) in [5.41, 5.74) is 4.89. The van der Waals surface area contributed by atoms with E-state index in [0.717, 1.165) is 49.4 Å². The van der Waals surface area contributed by atoms with Gasteiger partial charge in [-0.1, -0.05) is 43.3 Å². The van der Waals surface area contributed by atoms with E-state index in [4.69, 9.17) is 4.74 Å². The Morgan fingerprint density at radius 3 is 2.27 bits per heavy atom. The van der Waals surface area contributed by atoms with Crippen LogP contribution in [0.5, 0.6) is 0 Å². The summed E-state index contributed by atoms with van der Waals surface area (Å²) in [7, 11) is 0. The number of thiophene rings is 1. The minimum absolute atomic E-state index is 0.00540. The maximum absolute atomic E-state index is 11.1. The third-order valence-electron chi connectivity index (χ3n) is 5.77. The van der Waals surface area contributed by atoms with E-state index in [2.05, 4.69) is 43.7 Å². The molecule has 1 atom stereocenters. The lowest BCUT2D eigenvalue weighted by Gasteiger charge is -2.40. The smallest absolute Gasteiger partial charge is 0.136 e. The number of aryl methyl sites for hydroxylation is 1. The summed E-state index contributed by atoms with van der Waals surface area (Å²) >= 11 is 1.88. The third-order valence-corrected chi connectivity index (χ3v) is 6.83. The van der Waals surface area contributed by atoms with Crippen LogP contribution in [0.25, 0.3) is 5.57 Å². The zero-order valence-corrected chi connectivity index (χ0v) is 20.3. The SMILES string of the molecule is C=C(C)c1ccc(C(C)C(C)=O)cc1.Cc1csc(CC(C)(C)N2CCOCC2)c1. The zero-order valence-electron chi connectivity index (χ0n) is 19.5. The van der Waals surface area contributed by atoms with Crippen molar-refractivity contribution < 1.29 is 9.53 Å². The molecule has 3 rings (SSSR count). The predicted molar refractivity (Wildman–Crippen MR) is 129 cm³/mol. The van der Waals surface area contributed by atoms with Crippen LogP contribution < -0.4 is 0 Å². The van der Waals surface area contributed by atoms with Crippen molar-refractivity contribution in [3.8, 4) is 0 Å². The average molecular weight is 428 g/mol. The van der Waals surface area contributed by atoms with Gasteiger partial charge in [-0.2, -0.15) is 0 Å². The van der Waals surface area contributed by atoms with Gasteiger partial charge in [0.25, 0.3) is 0 Å². The lowest BCUT2D eigenvalue weighted by molar-refractivity contribution is -0.118. The molecule has 1 aromatic carbocycles. The highest BCUT2D eigenvalue weighted by molar-refractivity contribution is 7.10. The predicted octanol–water partition coefficient (Wildman–Crippen LogP) is 6.12. The molecule has 0 radical (unpaired) electrons. The van der Waals surface area contributed by atoms with Crippen LogP contribution >= 0.6 is 11.3 Å². The Hall–Kier alpha value is -1.75. The molecular formula is C26H37NO2S. The Morgan fingerprint density at radius 2 is 1.80 bits per heavy atom. The van der Waals surface area contributed by atoms with Gasteiger partial charge in [-0.3, -0.25) is 9.69 Å². The van der Waals surface area contributed by atoms with Crippen molar-refractivity contribution >= 4 is 22.7 Å². The van der Waals surface area contributed by atoms with Gasteiger partial charge in [0.2, 0.25) is 0 Å². The topological polar surface area (TPSA) is 29.5 Å². The van der Waals surface area contributed by atoms with E-state index < -0.39 is 0 Å². The van der Waals surface area contributed by atoms with E-state index in [9.17, 15) is 4.79 Å². The van der Waals surface area contributed by atoms with E-state index >= 15 is 0 Å². The Morgan fingerprint density at radius 1 is 1.20 bits per heavy atom. The normalized spacial score (nSPS) is 15.8. The van der Waals surface area contributed by atoms with E-state index in [1.54, 1.807) is 6.92 Å². The van der Waals surface area contributed by atoms with Crippen molar-refractivity contribution in [3.63, 3.8) is 0 Å². The monoisotopic (exact) mass is 427 g/mol. The minimum Gasteiger partial charge on any atom is -0.379 e. The van der Waals surface area contributed by atoms with Gasteiger partial charge in [-0.25, -0.2) is 0 Å². The maximum atomic E-state index is 11.1. The lowest BCUT2D eigenvalue weighted by Crippen LogP contribution is -2.50. The number of carbonyl (C=O) groups is 1. The van der Waals surface area contributed by atoms with Crippen molar-refractivity contribution in [1.82, 2.24) is 4.90 Å². The van der Waals surface area contributed by atoms with Gasteiger partial charge in [-0.05, 0) is 69.2 Å². The third kappa shape index (κ3) is 7.19. The Balaban J connectivity index is 0.000000216. The van der Waals surface area contributed by atoms with Crippen LogP contribution in [-0.4, -0.2) is 42.5 Å². The summed E-state index contributed by atoms with van der Waals surface area (Å²) in [6, 6.07) is 10.3. The molecule has 0 bridgehead atoms. The number of rotatable bonds is 6. The minimum atomic E-state index is -0.00540. The first-order valence-corrected chi connectivity index (χ1v) is 11.6. The molecule has 30 heavy (non-hydrogen) atoms. The summed E-state index contributed by atoms with van der Waals surface area (Å²) in [5.74, 6) is 0.197. The van der Waals surface area contributed by atoms with Crippen molar-refractivity contribution in [2.24, 2.45) is 0 Å². The van der Waals surface area contributed by atoms with Crippen molar-refractivity contribution in [1.29, 1.82) is 0 Å². The summed E-state index contributed by atoms with van der Waals surface area (Å²) in [6.45, 7) is 20.1. The second-order valence-corrected chi connectivity index (χ2v) is 9.91. The summed E-state index contributed by atoms with van der Waals surface area (Å²) in [4.78, 5) is 15.2. The highest BCUT2D eigenvalue weighted by atomic mass is 32.1. The number of nitrogens with zero attached hydrogens (tertiary/aromatic N) is 1. The first-order valence-electron chi connectivity index (χ1n) is 10.7. The fourth-order valence-corrected chi connectivity index (χ4v) is 4.68. The van der Waals surface area contributed by atoms with E-state index in [1.807, 2.05) is 49.4 Å². The van der Waals surface area contributed by atoms with Crippen LogP contribution in [0.3, 0.4) is 0 Å². The lowest BCUT2D eigenvalue weighted by atomic mass is 9.96. The number of hydrogen-bond donors (Lipinski definition) is 0. The van der Waals surface area contributed by atoms with Crippen LogP contribution in [-0.2, 0) is 16.0 Å². The first kappa shape index (κ1) is 24.5. The molecule has 0 spiro atoms. The summed E-state index contributed by atoms with van der Waals surface area (Å²) in [5, 5.41) is 2.24. The van der Waals surface area contributed by atoms with Crippen LogP contribution in [0.15, 0.2) is 42.3 Å². The second-order valence-electron chi connectivity index (χ2n) is 8.91. The molecule has 164 valence electrons. The largest absolute Gasteiger partial charge is 0.379 e. The summed E-state index contributed by atoms with van der Waals surface area (Å²) in [6.07, 6.45) is 1.14. The zero-order chi connectivity index (χ0) is 22.3. The van der Waals surface area contributed by atoms with E-state index in [-0.39, 0.29) is 17.2 Å². The fourth-order valence-electron chi connectivity index (χ4n) is 3.58. The van der Waals surface area contributed by atoms with Gasteiger partial charge in [0, 0.05) is 29.4 Å². The molecule has 1 unspecified atom stereocenters. The summed E-state index contributed by atoms with van der Waals surface area (Å²) < 4.78 is 5.41. The van der Waals surface area contributed by atoms with Gasteiger partial charge >= 0.3 is 0 Å². The van der Waals surface area contributed by atoms with Crippen LogP contribution in [0.4, 0.5) is 0 Å². The number of morpholine rings is 1. The molecule has 1 aromatic heterocycles. The molecule has 1 aliphatic heterocycles. The number of benzene rings is 1. The maximum Gasteiger partial charge on any atom is 0.136 e. The molecule has 0 saturated carbocycles. The van der Waals surface area contributed by atoms with Gasteiger partial charge in [-0.15, -0.1) is 11.3 Å². The van der Waals surface area contributed by atoms with Crippen molar-refractivity contribution in [2.45, 2.75) is 59.4 Å². The Labute approximate surface area is 186 Å². The van der Waals surface area contributed by atoms with Crippen molar-refractivity contribution in [3.05, 3.63) is 63.9 Å².